The van der Waals surface area contributed by atoms with Gasteiger partial charge in [-0.05, 0) is 12.1 Å². The van der Waals surface area contributed by atoms with Crippen molar-refractivity contribution in [3.63, 3.8) is 0 Å². The highest BCUT2D eigenvalue weighted by Crippen LogP contribution is 2.14. The van der Waals surface area contributed by atoms with Crippen LogP contribution in [-0.2, 0) is 11.3 Å². The van der Waals surface area contributed by atoms with E-state index in [9.17, 15) is 9.41 Å². The topological polar surface area (TPSA) is 55.5 Å². The van der Waals surface area contributed by atoms with Gasteiger partial charge in [0.1, 0.15) is 5.82 Å². The summed E-state index contributed by atoms with van der Waals surface area (Å²) in [5.41, 5.74) is 6.53. The SMILES string of the molecule is N[B@@-]1(O)OCc2cc(F)ccc21. The number of fused-ring (bicyclic) bond motifs is 1. The molecule has 0 unspecified atom stereocenters. The van der Waals surface area contributed by atoms with E-state index in [1.807, 2.05) is 0 Å². The van der Waals surface area contributed by atoms with Crippen LogP contribution in [0.15, 0.2) is 18.2 Å². The first-order valence-electron chi connectivity index (χ1n) is 3.69. The predicted octanol–water partition coefficient (Wildman–Crippen LogP) is -0.547. The first-order valence-corrected chi connectivity index (χ1v) is 3.69. The zero-order chi connectivity index (χ0) is 8.77. The first-order chi connectivity index (χ1) is 5.59. The Morgan fingerprint density at radius 1 is 1.58 bits per heavy atom. The number of hydrogen-bond donors (Lipinski definition) is 2. The van der Waals surface area contributed by atoms with Crippen molar-refractivity contribution in [2.75, 3.05) is 0 Å². The highest BCUT2D eigenvalue weighted by molar-refractivity contribution is 6.78. The van der Waals surface area contributed by atoms with Crippen LogP contribution in [0, 0.1) is 5.82 Å². The first kappa shape index (κ1) is 7.73. The molecule has 1 heterocycles. The fourth-order valence-corrected chi connectivity index (χ4v) is 1.41. The largest absolute Gasteiger partial charge is 0.566 e. The lowest BCUT2D eigenvalue weighted by molar-refractivity contribution is 0.248. The van der Waals surface area contributed by atoms with Crippen LogP contribution in [0.4, 0.5) is 4.39 Å². The molecule has 1 aromatic rings. The lowest BCUT2D eigenvalue weighted by atomic mass is 9.66. The summed E-state index contributed by atoms with van der Waals surface area (Å²) in [6.45, 7) is -2.20. The number of halogens is 1. The Labute approximate surface area is 69.0 Å². The summed E-state index contributed by atoms with van der Waals surface area (Å²) in [5.74, 6) is -0.342. The molecule has 2 rings (SSSR count). The standard InChI is InChI=1S/C7H8BFNO2/c9-6-1-2-7-5(3-6)4-12-8(7,10)11/h1-3,11H,4,10H2/q-1/t8-/m0/s1. The third kappa shape index (κ3) is 1.03. The normalized spacial score (nSPS) is 27.2. The Morgan fingerprint density at radius 3 is 3.08 bits per heavy atom. The van der Waals surface area contributed by atoms with Gasteiger partial charge in [-0.2, -0.15) is 0 Å². The van der Waals surface area contributed by atoms with Crippen molar-refractivity contribution >= 4 is 12.1 Å². The Hall–Kier alpha value is -0.905. The molecule has 0 aliphatic carbocycles. The maximum Gasteiger partial charge on any atom is 0.340 e. The molecule has 0 saturated carbocycles. The second-order valence-electron chi connectivity index (χ2n) is 2.96. The molecule has 5 heteroatoms. The van der Waals surface area contributed by atoms with Crippen LogP contribution in [-0.4, -0.2) is 11.7 Å². The van der Waals surface area contributed by atoms with Crippen molar-refractivity contribution in [2.24, 2.45) is 5.64 Å². The van der Waals surface area contributed by atoms with Crippen LogP contribution in [0.1, 0.15) is 5.56 Å². The zero-order valence-corrected chi connectivity index (χ0v) is 6.33. The minimum Gasteiger partial charge on any atom is -0.566 e. The van der Waals surface area contributed by atoms with E-state index < -0.39 is 6.69 Å². The maximum atomic E-state index is 12.6. The third-order valence-corrected chi connectivity index (χ3v) is 2.04. The third-order valence-electron chi connectivity index (χ3n) is 2.04. The van der Waals surface area contributed by atoms with Crippen molar-refractivity contribution in [3.05, 3.63) is 29.6 Å². The summed E-state index contributed by atoms with van der Waals surface area (Å²) in [4.78, 5) is 0. The van der Waals surface area contributed by atoms with E-state index in [0.29, 0.717) is 11.0 Å². The number of hydrogen-bond acceptors (Lipinski definition) is 3. The second kappa shape index (κ2) is 2.29. The predicted molar refractivity (Wildman–Crippen MR) is 43.0 cm³/mol. The van der Waals surface area contributed by atoms with Crippen LogP contribution in [0.2, 0.25) is 0 Å². The van der Waals surface area contributed by atoms with E-state index in [-0.39, 0.29) is 12.4 Å². The van der Waals surface area contributed by atoms with Gasteiger partial charge in [0.25, 0.3) is 0 Å². The Bertz CT molecular complexity index is 329. The lowest BCUT2D eigenvalue weighted by Crippen LogP contribution is -2.56. The van der Waals surface area contributed by atoms with E-state index in [4.69, 9.17) is 10.3 Å². The van der Waals surface area contributed by atoms with Gasteiger partial charge in [-0.1, -0.05) is 11.6 Å². The molecule has 0 spiro atoms. The van der Waals surface area contributed by atoms with Gasteiger partial charge in [0.05, 0.1) is 0 Å². The van der Waals surface area contributed by atoms with Gasteiger partial charge in [-0.3, -0.25) is 0 Å². The molecule has 1 aromatic carbocycles. The fraction of sp³-hybridized carbons (Fsp3) is 0.143. The summed E-state index contributed by atoms with van der Waals surface area (Å²) >= 11 is 0. The summed E-state index contributed by atoms with van der Waals surface area (Å²) < 4.78 is 17.5. The van der Waals surface area contributed by atoms with Gasteiger partial charge in [0.2, 0.25) is 0 Å². The van der Waals surface area contributed by atoms with E-state index >= 15 is 0 Å². The Kier molecular flexibility index (Phi) is 1.48. The van der Waals surface area contributed by atoms with E-state index in [1.165, 1.54) is 18.2 Å². The molecule has 12 heavy (non-hydrogen) atoms. The quantitative estimate of drug-likeness (QED) is 0.511. The van der Waals surface area contributed by atoms with Crippen LogP contribution in [0.25, 0.3) is 0 Å². The molecule has 0 fully saturated rings. The minimum absolute atomic E-state index is 0.181. The monoisotopic (exact) mass is 168 g/mol. The lowest BCUT2D eigenvalue weighted by Gasteiger charge is -2.23. The molecule has 3 nitrogen and oxygen atoms in total. The zero-order valence-electron chi connectivity index (χ0n) is 6.33. The van der Waals surface area contributed by atoms with Crippen LogP contribution >= 0.6 is 0 Å². The molecule has 0 radical (unpaired) electrons. The molecular formula is C7H8BFNO2-. The molecule has 0 aromatic heterocycles. The molecule has 0 bridgehead atoms. The van der Waals surface area contributed by atoms with Gasteiger partial charge in [-0.25, -0.2) is 4.39 Å². The molecule has 1 atom stereocenters. The van der Waals surface area contributed by atoms with Crippen LogP contribution in [0.5, 0.6) is 0 Å². The summed E-state index contributed by atoms with van der Waals surface area (Å²) in [7, 11) is 0. The molecule has 1 aliphatic heterocycles. The van der Waals surface area contributed by atoms with Gasteiger partial charge in [-0.15, -0.1) is 5.46 Å². The maximum absolute atomic E-state index is 12.6. The highest BCUT2D eigenvalue weighted by Gasteiger charge is 2.28. The van der Waals surface area contributed by atoms with E-state index in [2.05, 4.69) is 0 Å². The average molecular weight is 168 g/mol. The van der Waals surface area contributed by atoms with E-state index in [1.54, 1.807) is 0 Å². The Balaban J connectivity index is 2.55. The molecule has 0 saturated heterocycles. The molecule has 3 N–H and O–H groups in total. The van der Waals surface area contributed by atoms with Gasteiger partial charge in [0.15, 0.2) is 0 Å². The van der Waals surface area contributed by atoms with Crippen molar-refractivity contribution < 1.29 is 14.1 Å². The average Bonchev–Trinajstić information content (AvgIpc) is 2.27. The highest BCUT2D eigenvalue weighted by atomic mass is 19.1. The molecule has 1 aliphatic rings. The second-order valence-corrected chi connectivity index (χ2v) is 2.96. The summed E-state index contributed by atoms with van der Waals surface area (Å²) in [6.07, 6.45) is 0. The number of rotatable bonds is 0. The molecule has 0 amide bonds. The van der Waals surface area contributed by atoms with Gasteiger partial charge < -0.3 is 15.3 Å². The van der Waals surface area contributed by atoms with E-state index in [0.717, 1.165) is 0 Å². The van der Waals surface area contributed by atoms with Crippen molar-refractivity contribution in [3.8, 4) is 0 Å². The molecule has 64 valence electrons. The van der Waals surface area contributed by atoms with Gasteiger partial charge in [0, 0.05) is 6.61 Å². The van der Waals surface area contributed by atoms with Gasteiger partial charge >= 0.3 is 6.69 Å². The van der Waals surface area contributed by atoms with Crippen molar-refractivity contribution in [2.45, 2.75) is 6.61 Å². The fourth-order valence-electron chi connectivity index (χ4n) is 1.41. The Morgan fingerprint density at radius 2 is 2.33 bits per heavy atom. The van der Waals surface area contributed by atoms with Crippen LogP contribution in [0.3, 0.4) is 0 Å². The smallest absolute Gasteiger partial charge is 0.340 e. The summed E-state index contributed by atoms with van der Waals surface area (Å²) in [6, 6.07) is 4.03. The molecular weight excluding hydrogens is 160 g/mol. The van der Waals surface area contributed by atoms with Crippen LogP contribution < -0.4 is 11.1 Å². The number of nitrogens with two attached hydrogens (primary N) is 1. The summed E-state index contributed by atoms with van der Waals surface area (Å²) in [5, 5.41) is 9.43. The van der Waals surface area contributed by atoms with Crippen molar-refractivity contribution in [1.82, 2.24) is 0 Å². The number of benzene rings is 1. The van der Waals surface area contributed by atoms with Crippen molar-refractivity contribution in [1.29, 1.82) is 0 Å². The minimum atomic E-state index is -2.38.